The van der Waals surface area contributed by atoms with Crippen LogP contribution >= 0.6 is 15.9 Å². The van der Waals surface area contributed by atoms with E-state index in [-0.39, 0.29) is 18.3 Å². The van der Waals surface area contributed by atoms with Gasteiger partial charge in [-0.25, -0.2) is 4.79 Å². The molecular formula is C24H28BrNO7. The summed E-state index contributed by atoms with van der Waals surface area (Å²) in [4.78, 5) is 39.3. The summed E-state index contributed by atoms with van der Waals surface area (Å²) < 4.78 is 21.8. The molecule has 0 fully saturated rings. The summed E-state index contributed by atoms with van der Waals surface area (Å²) in [5.41, 5.74) is 2.55. The number of carbonyl (C=O) groups excluding carboxylic acids is 3. The van der Waals surface area contributed by atoms with Crippen LogP contribution < -0.4 is 14.8 Å². The van der Waals surface area contributed by atoms with Gasteiger partial charge in [-0.15, -0.1) is 0 Å². The van der Waals surface area contributed by atoms with Crippen molar-refractivity contribution in [3.05, 3.63) is 44.7 Å². The number of rotatable bonds is 6. The van der Waals surface area contributed by atoms with Crippen molar-refractivity contribution in [3.8, 4) is 11.5 Å². The van der Waals surface area contributed by atoms with Crippen LogP contribution in [0.1, 0.15) is 38.7 Å². The van der Waals surface area contributed by atoms with Gasteiger partial charge in [-0.1, -0.05) is 22.9 Å². The quantitative estimate of drug-likeness (QED) is 0.447. The van der Waals surface area contributed by atoms with Crippen LogP contribution in [0.3, 0.4) is 0 Å². The number of hydrogen-bond donors (Lipinski definition) is 1. The van der Waals surface area contributed by atoms with Crippen molar-refractivity contribution in [2.75, 3.05) is 27.9 Å². The predicted molar refractivity (Wildman–Crippen MR) is 124 cm³/mol. The second-order valence-electron chi connectivity index (χ2n) is 7.98. The molecule has 178 valence electrons. The normalized spacial score (nSPS) is 22.4. The van der Waals surface area contributed by atoms with Gasteiger partial charge < -0.3 is 24.3 Å². The first kappa shape index (κ1) is 24.8. The number of dihydropyridines is 1. The van der Waals surface area contributed by atoms with Crippen LogP contribution in [0.2, 0.25) is 0 Å². The van der Waals surface area contributed by atoms with E-state index < -0.39 is 23.8 Å². The van der Waals surface area contributed by atoms with Crippen molar-refractivity contribution in [3.63, 3.8) is 0 Å². The zero-order chi connectivity index (χ0) is 24.4. The molecule has 3 atom stereocenters. The number of esters is 2. The van der Waals surface area contributed by atoms with Crippen molar-refractivity contribution in [1.29, 1.82) is 0 Å². The monoisotopic (exact) mass is 521 g/mol. The van der Waals surface area contributed by atoms with E-state index in [2.05, 4.69) is 21.2 Å². The van der Waals surface area contributed by atoms with E-state index in [1.54, 1.807) is 26.0 Å². The van der Waals surface area contributed by atoms with Gasteiger partial charge in [-0.3, -0.25) is 9.59 Å². The van der Waals surface area contributed by atoms with Crippen LogP contribution in [0.4, 0.5) is 0 Å². The molecule has 1 aromatic rings. The first-order valence-corrected chi connectivity index (χ1v) is 11.4. The van der Waals surface area contributed by atoms with Crippen LogP contribution in [0.15, 0.2) is 39.1 Å². The van der Waals surface area contributed by atoms with Gasteiger partial charge in [0, 0.05) is 27.4 Å². The van der Waals surface area contributed by atoms with Gasteiger partial charge in [0.1, 0.15) is 5.92 Å². The van der Waals surface area contributed by atoms with E-state index in [4.69, 9.17) is 18.9 Å². The summed E-state index contributed by atoms with van der Waals surface area (Å²) in [6.45, 7) is 5.51. The SMILES string of the molecule is CCOC(=O)C1=C(C)NC2=C(C(=O)[C@@H](C(=O)OC)[C@H](C)C2)[C@@H]1c1cc(OC)c(OC)cc1Br. The number of ether oxygens (including phenoxy) is 4. The first-order chi connectivity index (χ1) is 15.7. The summed E-state index contributed by atoms with van der Waals surface area (Å²) >= 11 is 3.57. The maximum absolute atomic E-state index is 13.7. The average molecular weight is 522 g/mol. The van der Waals surface area contributed by atoms with Crippen LogP contribution in [0.5, 0.6) is 11.5 Å². The number of halogens is 1. The topological polar surface area (TPSA) is 100 Å². The van der Waals surface area contributed by atoms with Crippen molar-refractivity contribution < 1.29 is 33.3 Å². The fourth-order valence-corrected chi connectivity index (χ4v) is 5.11. The molecule has 0 radical (unpaired) electrons. The lowest BCUT2D eigenvalue weighted by Crippen LogP contribution is -2.43. The number of Topliss-reactive ketones (excluding diaryl/α,β-unsaturated/α-hetero) is 1. The second-order valence-corrected chi connectivity index (χ2v) is 8.84. The Morgan fingerprint density at radius 3 is 2.36 bits per heavy atom. The maximum Gasteiger partial charge on any atom is 0.336 e. The van der Waals surface area contributed by atoms with Crippen molar-refractivity contribution in [2.24, 2.45) is 11.8 Å². The van der Waals surface area contributed by atoms with Crippen molar-refractivity contribution >= 4 is 33.7 Å². The van der Waals surface area contributed by atoms with Crippen LogP contribution in [0, 0.1) is 11.8 Å². The molecule has 0 saturated heterocycles. The van der Waals surface area contributed by atoms with Gasteiger partial charge in [-0.2, -0.15) is 0 Å². The first-order valence-electron chi connectivity index (χ1n) is 10.6. The van der Waals surface area contributed by atoms with Gasteiger partial charge in [0.2, 0.25) is 0 Å². The zero-order valence-corrected chi connectivity index (χ0v) is 21.1. The number of hydrogen-bond acceptors (Lipinski definition) is 8. The molecule has 0 unspecified atom stereocenters. The third kappa shape index (κ3) is 4.38. The molecule has 1 aromatic carbocycles. The lowest BCUT2D eigenvalue weighted by atomic mass is 9.69. The molecular weight excluding hydrogens is 494 g/mol. The number of methoxy groups -OCH3 is 3. The highest BCUT2D eigenvalue weighted by Crippen LogP contribution is 2.49. The maximum atomic E-state index is 13.7. The minimum absolute atomic E-state index is 0.178. The summed E-state index contributed by atoms with van der Waals surface area (Å²) in [6, 6.07) is 3.46. The Kier molecular flexibility index (Phi) is 7.51. The molecule has 1 N–H and O–H groups in total. The number of ketones is 1. The Morgan fingerprint density at radius 1 is 1.15 bits per heavy atom. The van der Waals surface area contributed by atoms with E-state index in [1.165, 1.54) is 21.3 Å². The zero-order valence-electron chi connectivity index (χ0n) is 19.5. The minimum atomic E-state index is -0.959. The molecule has 1 aliphatic heterocycles. The largest absolute Gasteiger partial charge is 0.493 e. The average Bonchev–Trinajstić information content (AvgIpc) is 2.77. The van der Waals surface area contributed by atoms with E-state index in [0.717, 1.165) is 0 Å². The molecule has 0 spiro atoms. The van der Waals surface area contributed by atoms with Gasteiger partial charge >= 0.3 is 11.9 Å². The Labute approximate surface area is 201 Å². The predicted octanol–water partition coefficient (Wildman–Crippen LogP) is 3.64. The third-order valence-electron chi connectivity index (χ3n) is 6.05. The number of nitrogens with one attached hydrogen (secondary N) is 1. The highest BCUT2D eigenvalue weighted by molar-refractivity contribution is 9.10. The van der Waals surface area contributed by atoms with Gasteiger partial charge in [-0.05, 0) is 43.9 Å². The summed E-state index contributed by atoms with van der Waals surface area (Å²) in [5, 5.41) is 3.23. The Morgan fingerprint density at radius 2 is 1.79 bits per heavy atom. The molecule has 0 aromatic heterocycles. The Hall–Kier alpha value is -2.81. The lowest BCUT2D eigenvalue weighted by molar-refractivity contribution is -0.151. The van der Waals surface area contributed by atoms with Gasteiger partial charge in [0.25, 0.3) is 0 Å². The molecule has 1 heterocycles. The standard InChI is InChI=1S/C24H28BrNO7/c1-7-33-24(29)19-12(3)26-15-8-11(2)18(23(28)32-6)22(27)21(15)20(19)13-9-16(30-4)17(31-5)10-14(13)25/h9-11,18,20,26H,7-8H2,1-6H3/t11-,18+,20-/m1/s1. The highest BCUT2D eigenvalue weighted by atomic mass is 79.9. The molecule has 33 heavy (non-hydrogen) atoms. The highest BCUT2D eigenvalue weighted by Gasteiger charge is 2.47. The Balaban J connectivity index is 2.28. The molecule has 0 saturated carbocycles. The smallest absolute Gasteiger partial charge is 0.336 e. The van der Waals surface area contributed by atoms with E-state index in [1.807, 2.05) is 6.92 Å². The molecule has 0 bridgehead atoms. The van der Waals surface area contributed by atoms with Gasteiger partial charge in [0.15, 0.2) is 17.3 Å². The van der Waals surface area contributed by atoms with E-state index in [0.29, 0.717) is 50.5 Å². The minimum Gasteiger partial charge on any atom is -0.493 e. The van der Waals surface area contributed by atoms with Crippen LogP contribution in [0.25, 0.3) is 0 Å². The number of benzene rings is 1. The van der Waals surface area contributed by atoms with E-state index in [9.17, 15) is 14.4 Å². The number of carbonyl (C=O) groups is 3. The number of allylic oxidation sites excluding steroid dienone is 3. The molecule has 3 rings (SSSR count). The molecule has 0 amide bonds. The van der Waals surface area contributed by atoms with Crippen molar-refractivity contribution in [1.82, 2.24) is 5.32 Å². The van der Waals surface area contributed by atoms with Gasteiger partial charge in [0.05, 0.1) is 33.5 Å². The van der Waals surface area contributed by atoms with E-state index >= 15 is 0 Å². The summed E-state index contributed by atoms with van der Waals surface area (Å²) in [5.74, 6) is -2.56. The fraction of sp³-hybridized carbons (Fsp3) is 0.458. The van der Waals surface area contributed by atoms with Crippen LogP contribution in [-0.2, 0) is 23.9 Å². The molecule has 1 aliphatic carbocycles. The molecule has 2 aliphatic rings. The van der Waals surface area contributed by atoms with Crippen LogP contribution in [-0.4, -0.2) is 45.7 Å². The lowest BCUT2D eigenvalue weighted by Gasteiger charge is -2.38. The summed E-state index contributed by atoms with van der Waals surface area (Å²) in [6.07, 6.45) is 0.454. The Bertz CT molecular complexity index is 1060. The second kappa shape index (κ2) is 9.99. The van der Waals surface area contributed by atoms with Crippen molar-refractivity contribution in [2.45, 2.75) is 33.1 Å². The summed E-state index contributed by atoms with van der Waals surface area (Å²) in [7, 11) is 4.30. The third-order valence-corrected chi connectivity index (χ3v) is 6.74. The fourth-order valence-electron chi connectivity index (χ4n) is 4.56. The molecule has 9 heteroatoms. The molecule has 8 nitrogen and oxygen atoms in total.